The second-order valence-electron chi connectivity index (χ2n) is 6.02. The van der Waals surface area contributed by atoms with Crippen molar-refractivity contribution in [3.63, 3.8) is 0 Å². The molecule has 0 aliphatic heterocycles. The summed E-state index contributed by atoms with van der Waals surface area (Å²) in [6.45, 7) is 0.498. The molecule has 0 spiro atoms. The summed E-state index contributed by atoms with van der Waals surface area (Å²) in [4.78, 5) is 10.9. The van der Waals surface area contributed by atoms with Gasteiger partial charge in [-0.25, -0.2) is 4.79 Å². The van der Waals surface area contributed by atoms with E-state index in [1.807, 2.05) is 0 Å². The van der Waals surface area contributed by atoms with Crippen molar-refractivity contribution >= 4 is 5.97 Å². The molecule has 0 aromatic carbocycles. The van der Waals surface area contributed by atoms with Crippen LogP contribution in [-0.4, -0.2) is 15.6 Å². The minimum absolute atomic E-state index is 0.392. The Kier molecular flexibility index (Phi) is 3.06. The fourth-order valence-electron chi connectivity index (χ4n) is 3.88. The molecule has 2 saturated carbocycles. The lowest BCUT2D eigenvalue weighted by Gasteiger charge is -2.22. The summed E-state index contributed by atoms with van der Waals surface area (Å²) in [6.07, 6.45) is 2.09. The van der Waals surface area contributed by atoms with Gasteiger partial charge in [-0.15, -0.1) is 0 Å². The first kappa shape index (κ1) is 13.5. The summed E-state index contributed by atoms with van der Waals surface area (Å²) in [6, 6.07) is 0. The van der Waals surface area contributed by atoms with E-state index >= 15 is 0 Å². The van der Waals surface area contributed by atoms with Gasteiger partial charge in [-0.2, -0.15) is 13.2 Å². The quantitative estimate of drug-likeness (QED) is 0.922. The van der Waals surface area contributed by atoms with Crippen LogP contribution in [0, 0.1) is 17.8 Å². The summed E-state index contributed by atoms with van der Waals surface area (Å²) in [7, 11) is 0. The van der Waals surface area contributed by atoms with Crippen molar-refractivity contribution in [1.29, 1.82) is 0 Å². The highest BCUT2D eigenvalue weighted by molar-refractivity contribution is 5.89. The largest absolute Gasteiger partial charge is 0.478 e. The van der Waals surface area contributed by atoms with Gasteiger partial charge in [0.25, 0.3) is 0 Å². The molecule has 1 aromatic heterocycles. The van der Waals surface area contributed by atoms with Crippen molar-refractivity contribution in [3.05, 3.63) is 23.5 Å². The number of hydrogen-bond acceptors (Lipinski definition) is 1. The lowest BCUT2D eigenvalue weighted by Crippen LogP contribution is -2.16. The number of hydrogen-bond donors (Lipinski definition) is 1. The summed E-state index contributed by atoms with van der Waals surface area (Å²) < 4.78 is 39.8. The summed E-state index contributed by atoms with van der Waals surface area (Å²) >= 11 is 0. The third-order valence-electron chi connectivity index (χ3n) is 4.75. The zero-order valence-corrected chi connectivity index (χ0v) is 10.9. The maximum atomic E-state index is 12.8. The number of nitrogens with zero attached hydrogens (tertiary/aromatic N) is 1. The fraction of sp³-hybridized carbons (Fsp3) is 0.643. The van der Waals surface area contributed by atoms with Gasteiger partial charge in [0.1, 0.15) is 0 Å². The number of carbonyl (C=O) groups is 1. The van der Waals surface area contributed by atoms with E-state index in [9.17, 15) is 18.0 Å². The minimum atomic E-state index is -4.62. The highest BCUT2D eigenvalue weighted by atomic mass is 19.4. The Balaban J connectivity index is 1.82. The van der Waals surface area contributed by atoms with E-state index in [0.29, 0.717) is 18.4 Å². The number of aromatic nitrogens is 1. The van der Waals surface area contributed by atoms with Crippen LogP contribution in [0.5, 0.6) is 0 Å². The zero-order chi connectivity index (χ0) is 14.5. The average molecular weight is 287 g/mol. The number of fused-ring (bicyclic) bond motifs is 2. The van der Waals surface area contributed by atoms with E-state index in [2.05, 4.69) is 0 Å². The molecule has 0 amide bonds. The molecule has 20 heavy (non-hydrogen) atoms. The maximum absolute atomic E-state index is 12.8. The third kappa shape index (κ3) is 2.31. The third-order valence-corrected chi connectivity index (χ3v) is 4.75. The Morgan fingerprint density at radius 3 is 2.50 bits per heavy atom. The normalized spacial score (nSPS) is 29.1. The SMILES string of the molecule is O=C(O)c1cn(CC2CC3CCC2C3)cc1C(F)(F)F. The van der Waals surface area contributed by atoms with Gasteiger partial charge in [-0.05, 0) is 37.0 Å². The number of alkyl halides is 3. The van der Waals surface area contributed by atoms with Gasteiger partial charge < -0.3 is 9.67 Å². The molecule has 3 nitrogen and oxygen atoms in total. The Morgan fingerprint density at radius 1 is 1.30 bits per heavy atom. The Morgan fingerprint density at radius 2 is 2.05 bits per heavy atom. The van der Waals surface area contributed by atoms with Gasteiger partial charge in [-0.1, -0.05) is 6.42 Å². The molecule has 1 N–H and O–H groups in total. The van der Waals surface area contributed by atoms with E-state index in [1.54, 1.807) is 0 Å². The van der Waals surface area contributed by atoms with E-state index in [-0.39, 0.29) is 0 Å². The van der Waals surface area contributed by atoms with Crippen molar-refractivity contribution in [3.8, 4) is 0 Å². The first-order valence-corrected chi connectivity index (χ1v) is 6.85. The second-order valence-corrected chi connectivity index (χ2v) is 6.02. The molecule has 3 unspecified atom stereocenters. The van der Waals surface area contributed by atoms with E-state index in [0.717, 1.165) is 31.2 Å². The topological polar surface area (TPSA) is 42.2 Å². The Bertz CT molecular complexity index is 535. The molecule has 0 radical (unpaired) electrons. The lowest BCUT2D eigenvalue weighted by atomic mass is 9.89. The molecular formula is C14H16F3NO2. The number of carboxylic acid groups (broad SMARTS) is 1. The number of carboxylic acids is 1. The van der Waals surface area contributed by atoms with Gasteiger partial charge in [-0.3, -0.25) is 0 Å². The molecule has 2 bridgehead atoms. The van der Waals surface area contributed by atoms with Crippen LogP contribution in [0.25, 0.3) is 0 Å². The maximum Gasteiger partial charge on any atom is 0.418 e. The van der Waals surface area contributed by atoms with Crippen LogP contribution in [0.15, 0.2) is 12.4 Å². The van der Waals surface area contributed by atoms with Crippen LogP contribution >= 0.6 is 0 Å². The van der Waals surface area contributed by atoms with Crippen molar-refractivity contribution in [2.75, 3.05) is 0 Å². The standard InChI is InChI=1S/C14H16F3NO2/c15-14(16,17)12-7-18(6-11(12)13(19)20)5-10-4-8-1-2-9(10)3-8/h6-10H,1-5H2,(H,19,20). The molecule has 3 rings (SSSR count). The van der Waals surface area contributed by atoms with Crippen molar-refractivity contribution in [2.24, 2.45) is 17.8 Å². The van der Waals surface area contributed by atoms with Gasteiger partial charge >= 0.3 is 12.1 Å². The van der Waals surface area contributed by atoms with E-state index in [4.69, 9.17) is 5.11 Å². The smallest absolute Gasteiger partial charge is 0.418 e. The summed E-state index contributed by atoms with van der Waals surface area (Å²) in [5, 5.41) is 8.90. The fourth-order valence-corrected chi connectivity index (χ4v) is 3.88. The van der Waals surface area contributed by atoms with Gasteiger partial charge in [0.15, 0.2) is 0 Å². The monoisotopic (exact) mass is 287 g/mol. The van der Waals surface area contributed by atoms with Gasteiger partial charge in [0.05, 0.1) is 11.1 Å². The van der Waals surface area contributed by atoms with Crippen LogP contribution in [0.2, 0.25) is 0 Å². The molecule has 0 saturated heterocycles. The number of rotatable bonds is 3. The second kappa shape index (κ2) is 4.53. The highest BCUT2D eigenvalue weighted by Gasteiger charge is 2.41. The van der Waals surface area contributed by atoms with Crippen LogP contribution in [0.3, 0.4) is 0 Å². The predicted octanol–water partition coefficient (Wildman–Crippen LogP) is 3.64. The zero-order valence-electron chi connectivity index (χ0n) is 10.9. The molecule has 2 aliphatic carbocycles. The summed E-state index contributed by atoms with van der Waals surface area (Å²) in [5.41, 5.74) is -1.70. The average Bonchev–Trinajstić information content (AvgIpc) is 3.00. The van der Waals surface area contributed by atoms with Crippen LogP contribution in [-0.2, 0) is 12.7 Å². The van der Waals surface area contributed by atoms with Crippen molar-refractivity contribution in [2.45, 2.75) is 38.4 Å². The van der Waals surface area contributed by atoms with Crippen LogP contribution in [0.1, 0.15) is 41.6 Å². The highest BCUT2D eigenvalue weighted by Crippen LogP contribution is 2.49. The molecular weight excluding hydrogens is 271 g/mol. The van der Waals surface area contributed by atoms with Crippen molar-refractivity contribution in [1.82, 2.24) is 4.57 Å². The number of halogens is 3. The Labute approximate surface area is 114 Å². The molecule has 2 aliphatic rings. The van der Waals surface area contributed by atoms with E-state index < -0.39 is 23.3 Å². The number of aromatic carboxylic acids is 1. The summed E-state index contributed by atoms with van der Waals surface area (Å²) in [5.74, 6) is 0.194. The molecule has 6 heteroatoms. The molecule has 110 valence electrons. The lowest BCUT2D eigenvalue weighted by molar-refractivity contribution is -0.138. The molecule has 2 fully saturated rings. The van der Waals surface area contributed by atoms with Crippen molar-refractivity contribution < 1.29 is 23.1 Å². The molecule has 3 atom stereocenters. The first-order valence-electron chi connectivity index (χ1n) is 6.85. The van der Waals surface area contributed by atoms with Crippen LogP contribution < -0.4 is 0 Å². The van der Waals surface area contributed by atoms with Crippen LogP contribution in [0.4, 0.5) is 13.2 Å². The first-order chi connectivity index (χ1) is 9.34. The van der Waals surface area contributed by atoms with Gasteiger partial charge in [0.2, 0.25) is 0 Å². The Hall–Kier alpha value is -1.46. The van der Waals surface area contributed by atoms with E-state index in [1.165, 1.54) is 17.4 Å². The molecule has 1 heterocycles. The van der Waals surface area contributed by atoms with Gasteiger partial charge in [0, 0.05) is 18.9 Å². The predicted molar refractivity (Wildman–Crippen MR) is 65.3 cm³/mol. The molecule has 1 aromatic rings. The minimum Gasteiger partial charge on any atom is -0.478 e.